The monoisotopic (exact) mass is 249 g/mol. The number of amides is 1. The summed E-state index contributed by atoms with van der Waals surface area (Å²) >= 11 is 1.01. The molecule has 0 aliphatic heterocycles. The number of nitrogens with one attached hydrogen (secondary N) is 1. The smallest absolute Gasteiger partial charge is 0.327 e. The molecule has 7 heteroatoms. The van der Waals surface area contributed by atoms with Crippen molar-refractivity contribution in [3.63, 3.8) is 0 Å². The fourth-order valence-electron chi connectivity index (χ4n) is 0.996. The fraction of sp³-hybridized carbons (Fsp3) is 0.667. The van der Waals surface area contributed by atoms with Crippen LogP contribution in [0.15, 0.2) is 0 Å². The third-order valence-corrected chi connectivity index (χ3v) is 3.25. The molecule has 0 aromatic rings. The molecule has 3 N–H and O–H groups in total. The van der Waals surface area contributed by atoms with Gasteiger partial charge in [-0.2, -0.15) is 0 Å². The number of hydrogen-bond acceptors (Lipinski definition) is 4. The van der Waals surface area contributed by atoms with Crippen LogP contribution in [-0.2, 0) is 14.4 Å². The second kappa shape index (κ2) is 7.10. The summed E-state index contributed by atoms with van der Waals surface area (Å²) in [6.45, 7) is 2.93. The number of carbonyl (C=O) groups excluding carboxylic acids is 1. The highest BCUT2D eigenvalue weighted by Crippen LogP contribution is 2.16. The Hall–Kier alpha value is -1.24. The van der Waals surface area contributed by atoms with E-state index in [1.54, 1.807) is 6.92 Å². The van der Waals surface area contributed by atoms with E-state index >= 15 is 0 Å². The normalized spacial score (nSPS) is 13.9. The number of carboxylic acids is 2. The molecule has 0 aliphatic rings. The van der Waals surface area contributed by atoms with Gasteiger partial charge in [-0.3, -0.25) is 9.59 Å². The van der Waals surface area contributed by atoms with E-state index in [0.29, 0.717) is 6.42 Å². The van der Waals surface area contributed by atoms with Gasteiger partial charge in [0.15, 0.2) is 0 Å². The summed E-state index contributed by atoms with van der Waals surface area (Å²) < 4.78 is 0. The Bertz CT molecular complexity index is 281. The van der Waals surface area contributed by atoms with Gasteiger partial charge in [-0.1, -0.05) is 6.92 Å². The first kappa shape index (κ1) is 14.8. The van der Waals surface area contributed by atoms with Gasteiger partial charge in [0.05, 0.1) is 0 Å². The van der Waals surface area contributed by atoms with E-state index in [1.165, 1.54) is 6.92 Å². The standard InChI is InChI=1S/C9H15NO5S/c1-3-7(9(14)15)16-4-6(8(12)13)10-5(2)11/h6-7H,3-4H2,1-2H3,(H,10,11)(H,12,13)(H,14,15)/t6-,7?/m0/s1. The van der Waals surface area contributed by atoms with Gasteiger partial charge in [0, 0.05) is 12.7 Å². The van der Waals surface area contributed by atoms with Crippen molar-refractivity contribution in [3.05, 3.63) is 0 Å². The Kier molecular flexibility index (Phi) is 6.55. The van der Waals surface area contributed by atoms with Crippen LogP contribution in [0.1, 0.15) is 20.3 Å². The highest BCUT2D eigenvalue weighted by molar-refractivity contribution is 8.00. The molecule has 0 spiro atoms. The summed E-state index contributed by atoms with van der Waals surface area (Å²) in [4.78, 5) is 32.1. The Labute approximate surface area is 97.4 Å². The van der Waals surface area contributed by atoms with E-state index in [4.69, 9.17) is 10.2 Å². The predicted molar refractivity (Wildman–Crippen MR) is 59.4 cm³/mol. The van der Waals surface area contributed by atoms with E-state index < -0.39 is 29.1 Å². The molecule has 0 fully saturated rings. The Balaban J connectivity index is 4.25. The molecular formula is C9H15NO5S. The number of carboxylic acid groups (broad SMARTS) is 2. The molecule has 92 valence electrons. The lowest BCUT2D eigenvalue weighted by Gasteiger charge is -2.15. The second-order valence-corrected chi connectivity index (χ2v) is 4.40. The Morgan fingerprint density at radius 2 is 1.81 bits per heavy atom. The molecule has 16 heavy (non-hydrogen) atoms. The molecule has 0 aromatic carbocycles. The molecule has 2 atom stereocenters. The largest absolute Gasteiger partial charge is 0.480 e. The summed E-state index contributed by atoms with van der Waals surface area (Å²) in [5.41, 5.74) is 0. The molecule has 0 bridgehead atoms. The van der Waals surface area contributed by atoms with Crippen LogP contribution >= 0.6 is 11.8 Å². The molecule has 0 saturated heterocycles. The van der Waals surface area contributed by atoms with Crippen LogP contribution in [0.4, 0.5) is 0 Å². The minimum atomic E-state index is -1.16. The average Bonchev–Trinajstić information content (AvgIpc) is 2.15. The number of hydrogen-bond donors (Lipinski definition) is 3. The molecule has 6 nitrogen and oxygen atoms in total. The lowest BCUT2D eigenvalue weighted by atomic mass is 10.3. The number of thioether (sulfide) groups is 1. The van der Waals surface area contributed by atoms with E-state index in [2.05, 4.69) is 5.32 Å². The zero-order valence-electron chi connectivity index (χ0n) is 9.10. The lowest BCUT2D eigenvalue weighted by Crippen LogP contribution is -2.42. The van der Waals surface area contributed by atoms with Crippen molar-refractivity contribution < 1.29 is 24.6 Å². The second-order valence-electron chi connectivity index (χ2n) is 3.16. The lowest BCUT2D eigenvalue weighted by molar-refractivity contribution is -0.141. The van der Waals surface area contributed by atoms with E-state index in [9.17, 15) is 14.4 Å². The van der Waals surface area contributed by atoms with Gasteiger partial charge in [0.25, 0.3) is 0 Å². The van der Waals surface area contributed by atoms with Crippen LogP contribution in [0.25, 0.3) is 0 Å². The van der Waals surface area contributed by atoms with Gasteiger partial charge in [-0.05, 0) is 6.42 Å². The molecule has 0 saturated carbocycles. The minimum Gasteiger partial charge on any atom is -0.480 e. The van der Waals surface area contributed by atoms with Crippen LogP contribution in [-0.4, -0.2) is 45.1 Å². The van der Waals surface area contributed by atoms with Gasteiger partial charge in [-0.15, -0.1) is 11.8 Å². The maximum atomic E-state index is 10.7. The molecule has 1 unspecified atom stereocenters. The first-order valence-electron chi connectivity index (χ1n) is 4.72. The van der Waals surface area contributed by atoms with Crippen LogP contribution in [0.3, 0.4) is 0 Å². The number of carbonyl (C=O) groups is 3. The molecule has 0 rings (SSSR count). The summed E-state index contributed by atoms with van der Waals surface area (Å²) in [7, 11) is 0. The van der Waals surface area contributed by atoms with Crippen molar-refractivity contribution >= 4 is 29.6 Å². The molecule has 0 radical (unpaired) electrons. The van der Waals surface area contributed by atoms with E-state index in [0.717, 1.165) is 11.8 Å². The molecule has 1 amide bonds. The zero-order valence-corrected chi connectivity index (χ0v) is 9.91. The molecular weight excluding hydrogens is 234 g/mol. The Morgan fingerprint density at radius 1 is 1.25 bits per heavy atom. The van der Waals surface area contributed by atoms with Crippen LogP contribution < -0.4 is 5.32 Å². The highest BCUT2D eigenvalue weighted by Gasteiger charge is 2.22. The number of rotatable bonds is 7. The minimum absolute atomic E-state index is 0.0414. The highest BCUT2D eigenvalue weighted by atomic mass is 32.2. The summed E-state index contributed by atoms with van der Waals surface area (Å²) in [5, 5.41) is 19.1. The van der Waals surface area contributed by atoms with Crippen LogP contribution in [0, 0.1) is 0 Å². The van der Waals surface area contributed by atoms with Crippen molar-refractivity contribution in [2.24, 2.45) is 0 Å². The maximum absolute atomic E-state index is 10.7. The van der Waals surface area contributed by atoms with Crippen molar-refractivity contribution in [1.82, 2.24) is 5.32 Å². The molecule has 0 aromatic heterocycles. The van der Waals surface area contributed by atoms with Crippen molar-refractivity contribution in [3.8, 4) is 0 Å². The fourth-order valence-corrected chi connectivity index (χ4v) is 2.03. The zero-order chi connectivity index (χ0) is 12.7. The van der Waals surface area contributed by atoms with E-state index in [-0.39, 0.29) is 5.75 Å². The maximum Gasteiger partial charge on any atom is 0.327 e. The molecule has 0 heterocycles. The SMILES string of the molecule is CCC(SC[C@H](NC(C)=O)C(=O)O)C(=O)O. The first-order valence-corrected chi connectivity index (χ1v) is 5.77. The predicted octanol–water partition coefficient (Wildman–Crippen LogP) is 0.172. The third kappa shape index (κ3) is 5.59. The third-order valence-electron chi connectivity index (χ3n) is 1.79. The van der Waals surface area contributed by atoms with E-state index in [1.807, 2.05) is 0 Å². The summed E-state index contributed by atoms with van der Waals surface area (Å²) in [5.74, 6) is -2.54. The number of aliphatic carboxylic acids is 2. The quantitative estimate of drug-likeness (QED) is 0.594. The van der Waals surface area contributed by atoms with Crippen LogP contribution in [0.5, 0.6) is 0 Å². The summed E-state index contributed by atoms with van der Waals surface area (Å²) in [6.07, 6.45) is 0.409. The van der Waals surface area contributed by atoms with Gasteiger partial charge < -0.3 is 15.5 Å². The van der Waals surface area contributed by atoms with Gasteiger partial charge in [0.2, 0.25) is 5.91 Å². The first-order chi connectivity index (χ1) is 7.38. The average molecular weight is 249 g/mol. The van der Waals surface area contributed by atoms with Crippen molar-refractivity contribution in [1.29, 1.82) is 0 Å². The van der Waals surface area contributed by atoms with Gasteiger partial charge in [0.1, 0.15) is 11.3 Å². The molecule has 0 aliphatic carbocycles. The van der Waals surface area contributed by atoms with Crippen molar-refractivity contribution in [2.45, 2.75) is 31.6 Å². The van der Waals surface area contributed by atoms with Crippen LogP contribution in [0.2, 0.25) is 0 Å². The summed E-state index contributed by atoms with van der Waals surface area (Å²) in [6, 6.07) is -1.05. The Morgan fingerprint density at radius 3 is 2.12 bits per heavy atom. The van der Waals surface area contributed by atoms with Crippen molar-refractivity contribution in [2.75, 3.05) is 5.75 Å². The topological polar surface area (TPSA) is 104 Å². The van der Waals surface area contributed by atoms with Gasteiger partial charge >= 0.3 is 11.9 Å². The van der Waals surface area contributed by atoms with Gasteiger partial charge in [-0.25, -0.2) is 4.79 Å².